The molecule has 1 aromatic carbocycles. The summed E-state index contributed by atoms with van der Waals surface area (Å²) in [6.07, 6.45) is -3.67. The fourth-order valence-corrected chi connectivity index (χ4v) is 2.74. The smallest absolute Gasteiger partial charge is 0.489 e. The zero-order chi connectivity index (χ0) is 18.0. The van der Waals surface area contributed by atoms with Gasteiger partial charge in [-0.2, -0.15) is 13.2 Å². The van der Waals surface area contributed by atoms with Crippen LogP contribution in [0.3, 0.4) is 0 Å². The molecule has 1 aliphatic rings. The van der Waals surface area contributed by atoms with Gasteiger partial charge in [-0.15, -0.1) is 0 Å². The second-order valence-electron chi connectivity index (χ2n) is 5.44. The fourth-order valence-electron chi connectivity index (χ4n) is 2.74. The van der Waals surface area contributed by atoms with Gasteiger partial charge in [0.15, 0.2) is 0 Å². The number of carbonyl (C=O) groups is 2. The van der Waals surface area contributed by atoms with Gasteiger partial charge in [-0.05, 0) is 23.6 Å². The van der Waals surface area contributed by atoms with Crippen molar-refractivity contribution in [1.29, 1.82) is 0 Å². The van der Waals surface area contributed by atoms with Crippen LogP contribution in [0.15, 0.2) is 18.2 Å². The van der Waals surface area contributed by atoms with Gasteiger partial charge in [0.1, 0.15) is 6.54 Å². The molecule has 9 heteroatoms. The zero-order valence-electron chi connectivity index (χ0n) is 13.1. The molecule has 0 aliphatic carbocycles. The first-order valence-corrected chi connectivity index (χ1v) is 7.37. The molecule has 0 bridgehead atoms. The Morgan fingerprint density at radius 1 is 1.25 bits per heavy atom. The summed E-state index contributed by atoms with van der Waals surface area (Å²) in [6.45, 7) is -0.111. The van der Waals surface area contributed by atoms with Gasteiger partial charge in [0.05, 0.1) is 19.2 Å². The SMILES string of the molecule is COc1c(N)cccc1[N+]1(OC(=O)C(F)(F)F)CCCCCC1=O. The molecule has 1 saturated heterocycles. The highest BCUT2D eigenvalue weighted by Crippen LogP contribution is 2.41. The molecule has 0 radical (unpaired) electrons. The minimum absolute atomic E-state index is 0.0108. The summed E-state index contributed by atoms with van der Waals surface area (Å²) < 4.78 is 42.1. The second-order valence-corrected chi connectivity index (χ2v) is 5.44. The molecule has 1 amide bonds. The van der Waals surface area contributed by atoms with E-state index in [1.807, 2.05) is 0 Å². The number of benzene rings is 1. The first-order chi connectivity index (χ1) is 11.2. The van der Waals surface area contributed by atoms with Crippen LogP contribution in [-0.4, -0.2) is 31.7 Å². The predicted molar refractivity (Wildman–Crippen MR) is 79.7 cm³/mol. The number of para-hydroxylation sites is 1. The predicted octanol–water partition coefficient (Wildman–Crippen LogP) is 2.71. The maximum absolute atomic E-state index is 12.7. The van der Waals surface area contributed by atoms with Crippen LogP contribution in [0.25, 0.3) is 0 Å². The minimum Gasteiger partial charge on any atom is -0.489 e. The number of halogens is 3. The summed E-state index contributed by atoms with van der Waals surface area (Å²) in [4.78, 5) is 28.8. The van der Waals surface area contributed by atoms with Crippen LogP contribution < -0.4 is 15.1 Å². The van der Waals surface area contributed by atoms with Crippen molar-refractivity contribution in [1.82, 2.24) is 4.65 Å². The van der Waals surface area contributed by atoms with Crippen molar-refractivity contribution in [2.45, 2.75) is 31.9 Å². The molecule has 132 valence electrons. The van der Waals surface area contributed by atoms with Gasteiger partial charge < -0.3 is 10.5 Å². The second kappa shape index (κ2) is 6.68. The topological polar surface area (TPSA) is 78.6 Å². The van der Waals surface area contributed by atoms with E-state index in [0.29, 0.717) is 19.3 Å². The number of rotatable bonds is 3. The van der Waals surface area contributed by atoms with Crippen molar-refractivity contribution >= 4 is 23.3 Å². The molecule has 6 nitrogen and oxygen atoms in total. The Kier molecular flexibility index (Phi) is 5.02. The van der Waals surface area contributed by atoms with E-state index in [0.717, 1.165) is 0 Å². The van der Waals surface area contributed by atoms with Crippen molar-refractivity contribution < 1.29 is 32.3 Å². The molecule has 2 rings (SSSR count). The number of carbonyl (C=O) groups excluding carboxylic acids is 2. The molecule has 0 spiro atoms. The lowest BCUT2D eigenvalue weighted by Gasteiger charge is -2.31. The molecular weight excluding hydrogens is 329 g/mol. The molecule has 0 aromatic heterocycles. The average Bonchev–Trinajstić information content (AvgIpc) is 2.69. The van der Waals surface area contributed by atoms with Gasteiger partial charge in [-0.1, -0.05) is 6.07 Å². The van der Waals surface area contributed by atoms with Crippen molar-refractivity contribution in [2.75, 3.05) is 19.4 Å². The van der Waals surface area contributed by atoms with E-state index in [-0.39, 0.29) is 30.1 Å². The number of hydrogen-bond acceptors (Lipinski definition) is 5. The standard InChI is InChI=1S/C15H18F3N2O4/c1-23-13-10(19)6-5-7-11(13)20(24-14(22)15(16,17)18)9-4-2-3-8-12(20)21/h5-7H,2-4,8-9,19H2,1H3/q+1. The number of nitrogens with zero attached hydrogens (tertiary/aromatic N) is 1. The Bertz CT molecular complexity index is 648. The van der Waals surface area contributed by atoms with Gasteiger partial charge in [-0.25, -0.2) is 9.59 Å². The number of alkyl halides is 3. The number of nitrogen functional groups attached to an aromatic ring is 1. The minimum atomic E-state index is -5.22. The monoisotopic (exact) mass is 347 g/mol. The van der Waals surface area contributed by atoms with E-state index in [1.54, 1.807) is 0 Å². The molecule has 1 heterocycles. The highest BCUT2D eigenvalue weighted by Gasteiger charge is 2.53. The Morgan fingerprint density at radius 3 is 2.58 bits per heavy atom. The maximum atomic E-state index is 12.7. The summed E-state index contributed by atoms with van der Waals surface area (Å²) >= 11 is 0. The van der Waals surface area contributed by atoms with E-state index < -0.39 is 22.7 Å². The normalized spacial score (nSPS) is 21.9. The molecule has 0 saturated carbocycles. The van der Waals surface area contributed by atoms with Gasteiger partial charge in [0.2, 0.25) is 11.4 Å². The molecule has 1 fully saturated rings. The summed E-state index contributed by atoms with van der Waals surface area (Å²) in [6, 6.07) is 4.32. The zero-order valence-corrected chi connectivity index (χ0v) is 13.1. The van der Waals surface area contributed by atoms with Crippen LogP contribution in [0.1, 0.15) is 25.7 Å². The lowest BCUT2D eigenvalue weighted by atomic mass is 10.2. The van der Waals surface area contributed by atoms with Gasteiger partial charge >= 0.3 is 18.1 Å². The number of methoxy groups -OCH3 is 1. The first-order valence-electron chi connectivity index (χ1n) is 7.37. The summed E-state index contributed by atoms with van der Waals surface area (Å²) in [5.74, 6) is -3.06. The van der Waals surface area contributed by atoms with E-state index in [1.165, 1.54) is 25.3 Å². The summed E-state index contributed by atoms with van der Waals surface area (Å²) in [5, 5.41) is 0. The lowest BCUT2D eigenvalue weighted by molar-refractivity contribution is -0.233. The number of anilines is 1. The Morgan fingerprint density at radius 2 is 1.96 bits per heavy atom. The van der Waals surface area contributed by atoms with E-state index in [9.17, 15) is 22.8 Å². The molecular formula is C15H18F3N2O4+. The van der Waals surface area contributed by atoms with Crippen LogP contribution in [0, 0.1) is 0 Å². The number of hydroxylamine groups is 2. The first kappa shape index (κ1) is 18.1. The Hall–Kier alpha value is -2.29. The van der Waals surface area contributed by atoms with E-state index in [4.69, 9.17) is 15.3 Å². The molecule has 24 heavy (non-hydrogen) atoms. The van der Waals surface area contributed by atoms with Crippen LogP contribution >= 0.6 is 0 Å². The van der Waals surface area contributed by atoms with Crippen molar-refractivity contribution in [3.8, 4) is 5.75 Å². The number of amides is 1. The van der Waals surface area contributed by atoms with Gasteiger partial charge in [-0.3, -0.25) is 4.84 Å². The Balaban J connectivity index is 2.61. The van der Waals surface area contributed by atoms with Crippen molar-refractivity contribution in [3.63, 3.8) is 0 Å². The summed E-state index contributed by atoms with van der Waals surface area (Å²) in [7, 11) is 1.28. The largest absolute Gasteiger partial charge is 0.497 e. The fraction of sp³-hybridized carbons (Fsp3) is 0.467. The molecule has 1 unspecified atom stereocenters. The van der Waals surface area contributed by atoms with Crippen molar-refractivity contribution in [2.24, 2.45) is 0 Å². The third-order valence-corrected chi connectivity index (χ3v) is 3.85. The Labute approximate surface area is 136 Å². The van der Waals surface area contributed by atoms with Crippen LogP contribution in [-0.2, 0) is 14.4 Å². The molecule has 2 N–H and O–H groups in total. The van der Waals surface area contributed by atoms with Crippen LogP contribution in [0.2, 0.25) is 0 Å². The molecule has 1 aromatic rings. The average molecular weight is 347 g/mol. The third kappa shape index (κ3) is 3.30. The molecule has 1 aliphatic heterocycles. The quantitative estimate of drug-likeness (QED) is 0.672. The van der Waals surface area contributed by atoms with Crippen molar-refractivity contribution in [3.05, 3.63) is 18.2 Å². The lowest BCUT2D eigenvalue weighted by Crippen LogP contribution is -2.57. The third-order valence-electron chi connectivity index (χ3n) is 3.85. The summed E-state index contributed by atoms with van der Waals surface area (Å²) in [5.41, 5.74) is 5.91. The van der Waals surface area contributed by atoms with Gasteiger partial charge in [0, 0.05) is 12.5 Å². The van der Waals surface area contributed by atoms with E-state index >= 15 is 0 Å². The van der Waals surface area contributed by atoms with Gasteiger partial charge in [0.25, 0.3) is 0 Å². The highest BCUT2D eigenvalue weighted by molar-refractivity contribution is 5.92. The number of ether oxygens (including phenoxy) is 1. The maximum Gasteiger partial charge on any atom is 0.497 e. The number of quaternary nitrogens is 1. The number of nitrogens with two attached hydrogens (primary N) is 1. The highest BCUT2D eigenvalue weighted by atomic mass is 19.4. The number of hydrogen-bond donors (Lipinski definition) is 1. The van der Waals surface area contributed by atoms with Crippen LogP contribution in [0.5, 0.6) is 5.75 Å². The van der Waals surface area contributed by atoms with E-state index in [2.05, 4.69) is 0 Å². The molecule has 1 atom stereocenters. The van der Waals surface area contributed by atoms with Crippen LogP contribution in [0.4, 0.5) is 24.5 Å².